The van der Waals surface area contributed by atoms with Crippen molar-refractivity contribution in [2.24, 2.45) is 5.92 Å². The molecule has 1 aliphatic heterocycles. The fourth-order valence-corrected chi connectivity index (χ4v) is 3.29. The van der Waals surface area contributed by atoms with Gasteiger partial charge in [0.15, 0.2) is 0 Å². The molecule has 22 heavy (non-hydrogen) atoms. The standard InChI is InChI=1S/C20H25NO/c1-17-6-5-13-21(14-17)15-18-9-11-20(12-10-18)22-16-19-7-3-2-4-8-19/h2-4,7-12,17H,5-6,13-16H2,1H3/p+1/t17-/m1/s1. The largest absolute Gasteiger partial charge is 0.489 e. The lowest BCUT2D eigenvalue weighted by molar-refractivity contribution is -0.922. The second kappa shape index (κ2) is 7.46. The topological polar surface area (TPSA) is 13.7 Å². The molecule has 2 heteroatoms. The first-order valence-electron chi connectivity index (χ1n) is 8.39. The van der Waals surface area contributed by atoms with Crippen molar-refractivity contribution in [2.75, 3.05) is 13.1 Å². The van der Waals surface area contributed by atoms with Crippen LogP contribution in [0.15, 0.2) is 54.6 Å². The Morgan fingerprint density at radius 3 is 2.50 bits per heavy atom. The van der Waals surface area contributed by atoms with Crippen LogP contribution in [0.2, 0.25) is 0 Å². The van der Waals surface area contributed by atoms with Crippen LogP contribution in [0.1, 0.15) is 30.9 Å². The smallest absolute Gasteiger partial charge is 0.119 e. The number of nitrogens with one attached hydrogen (secondary N) is 1. The molecular formula is C20H26NO+. The van der Waals surface area contributed by atoms with Gasteiger partial charge in [0.2, 0.25) is 0 Å². The van der Waals surface area contributed by atoms with Gasteiger partial charge in [-0.15, -0.1) is 0 Å². The summed E-state index contributed by atoms with van der Waals surface area (Å²) in [6.45, 7) is 6.78. The zero-order valence-corrected chi connectivity index (χ0v) is 13.4. The van der Waals surface area contributed by atoms with Crippen molar-refractivity contribution in [3.63, 3.8) is 0 Å². The predicted octanol–water partition coefficient (Wildman–Crippen LogP) is 3.08. The van der Waals surface area contributed by atoms with Crippen LogP contribution in [0.3, 0.4) is 0 Å². The molecule has 116 valence electrons. The van der Waals surface area contributed by atoms with E-state index in [0.717, 1.165) is 18.2 Å². The Kier molecular flexibility index (Phi) is 5.12. The average Bonchev–Trinajstić information content (AvgIpc) is 2.55. The van der Waals surface area contributed by atoms with Gasteiger partial charge in [-0.25, -0.2) is 0 Å². The third kappa shape index (κ3) is 4.35. The number of piperidine rings is 1. The minimum absolute atomic E-state index is 0.634. The van der Waals surface area contributed by atoms with Crippen molar-refractivity contribution in [3.8, 4) is 5.75 Å². The quantitative estimate of drug-likeness (QED) is 0.895. The van der Waals surface area contributed by atoms with Crippen molar-refractivity contribution < 1.29 is 9.64 Å². The van der Waals surface area contributed by atoms with E-state index in [1.165, 1.54) is 37.1 Å². The Balaban J connectivity index is 1.51. The molecule has 2 aromatic rings. The van der Waals surface area contributed by atoms with Gasteiger partial charge >= 0.3 is 0 Å². The summed E-state index contributed by atoms with van der Waals surface area (Å²) in [5, 5.41) is 0. The van der Waals surface area contributed by atoms with Crippen LogP contribution in [0, 0.1) is 5.92 Å². The van der Waals surface area contributed by atoms with Gasteiger partial charge < -0.3 is 9.64 Å². The van der Waals surface area contributed by atoms with Crippen LogP contribution >= 0.6 is 0 Å². The SMILES string of the molecule is C[C@@H]1CCC[NH+](Cc2ccc(OCc3ccccc3)cc2)C1. The second-order valence-electron chi connectivity index (χ2n) is 6.55. The molecule has 1 unspecified atom stereocenters. The van der Waals surface area contributed by atoms with E-state index in [2.05, 4.69) is 43.3 Å². The maximum atomic E-state index is 5.85. The first-order chi connectivity index (χ1) is 10.8. The van der Waals surface area contributed by atoms with E-state index in [1.54, 1.807) is 4.90 Å². The van der Waals surface area contributed by atoms with Gasteiger partial charge in [0.05, 0.1) is 13.1 Å². The number of rotatable bonds is 5. The highest BCUT2D eigenvalue weighted by molar-refractivity contribution is 5.27. The highest BCUT2D eigenvalue weighted by Crippen LogP contribution is 2.14. The predicted molar refractivity (Wildman–Crippen MR) is 90.0 cm³/mol. The summed E-state index contributed by atoms with van der Waals surface area (Å²) < 4.78 is 5.85. The molecule has 1 aliphatic rings. The lowest BCUT2D eigenvalue weighted by atomic mass is 10.00. The van der Waals surface area contributed by atoms with Gasteiger partial charge in [0, 0.05) is 11.5 Å². The Labute approximate surface area is 133 Å². The first kappa shape index (κ1) is 15.1. The molecule has 0 aromatic heterocycles. The van der Waals surface area contributed by atoms with Crippen LogP contribution in [-0.2, 0) is 13.2 Å². The van der Waals surface area contributed by atoms with Gasteiger partial charge in [0.1, 0.15) is 18.9 Å². The van der Waals surface area contributed by atoms with E-state index in [1.807, 2.05) is 18.2 Å². The van der Waals surface area contributed by atoms with Gasteiger partial charge in [-0.2, -0.15) is 0 Å². The van der Waals surface area contributed by atoms with Crippen molar-refractivity contribution >= 4 is 0 Å². The molecule has 1 N–H and O–H groups in total. The molecule has 3 rings (SSSR count). The summed E-state index contributed by atoms with van der Waals surface area (Å²) in [5.74, 6) is 1.83. The van der Waals surface area contributed by atoms with Crippen molar-refractivity contribution in [3.05, 3.63) is 65.7 Å². The molecule has 2 nitrogen and oxygen atoms in total. The molecule has 1 saturated heterocycles. The molecule has 0 saturated carbocycles. The molecule has 0 amide bonds. The molecule has 1 heterocycles. The van der Waals surface area contributed by atoms with Crippen LogP contribution in [0.4, 0.5) is 0 Å². The van der Waals surface area contributed by atoms with Gasteiger partial charge in [-0.1, -0.05) is 37.3 Å². The van der Waals surface area contributed by atoms with E-state index in [0.29, 0.717) is 6.61 Å². The number of benzene rings is 2. The summed E-state index contributed by atoms with van der Waals surface area (Å²) >= 11 is 0. The molecule has 0 spiro atoms. The van der Waals surface area contributed by atoms with Crippen LogP contribution < -0.4 is 9.64 Å². The maximum Gasteiger partial charge on any atom is 0.119 e. The summed E-state index contributed by atoms with van der Waals surface area (Å²) in [5.41, 5.74) is 2.62. The van der Waals surface area contributed by atoms with E-state index >= 15 is 0 Å². The summed E-state index contributed by atoms with van der Waals surface area (Å²) in [6, 6.07) is 18.9. The summed E-state index contributed by atoms with van der Waals surface area (Å²) in [6.07, 6.45) is 2.77. The van der Waals surface area contributed by atoms with Gasteiger partial charge in [-0.3, -0.25) is 0 Å². The van der Waals surface area contributed by atoms with E-state index in [-0.39, 0.29) is 0 Å². The zero-order valence-electron chi connectivity index (χ0n) is 13.4. The van der Waals surface area contributed by atoms with Crippen molar-refractivity contribution in [1.82, 2.24) is 0 Å². The van der Waals surface area contributed by atoms with Gasteiger partial charge in [0.25, 0.3) is 0 Å². The molecule has 0 radical (unpaired) electrons. The highest BCUT2D eigenvalue weighted by atomic mass is 16.5. The monoisotopic (exact) mass is 296 g/mol. The van der Waals surface area contributed by atoms with Crippen LogP contribution in [0.25, 0.3) is 0 Å². The minimum atomic E-state index is 0.634. The number of hydrogen-bond acceptors (Lipinski definition) is 1. The minimum Gasteiger partial charge on any atom is -0.489 e. The third-order valence-corrected chi connectivity index (χ3v) is 4.49. The Hall–Kier alpha value is -1.80. The third-order valence-electron chi connectivity index (χ3n) is 4.49. The zero-order chi connectivity index (χ0) is 15.2. The maximum absolute atomic E-state index is 5.85. The van der Waals surface area contributed by atoms with E-state index in [4.69, 9.17) is 4.74 Å². The Morgan fingerprint density at radius 1 is 1.00 bits per heavy atom. The number of quaternary nitrogens is 1. The first-order valence-corrected chi connectivity index (χ1v) is 8.39. The molecule has 2 aromatic carbocycles. The fourth-order valence-electron chi connectivity index (χ4n) is 3.29. The number of likely N-dealkylation sites (tertiary alicyclic amines) is 1. The van der Waals surface area contributed by atoms with Crippen molar-refractivity contribution in [2.45, 2.75) is 32.9 Å². The lowest BCUT2D eigenvalue weighted by Gasteiger charge is -2.27. The molecule has 2 atom stereocenters. The Bertz CT molecular complexity index is 564. The fraction of sp³-hybridized carbons (Fsp3) is 0.400. The molecule has 0 bridgehead atoms. The highest BCUT2D eigenvalue weighted by Gasteiger charge is 2.19. The van der Waals surface area contributed by atoms with Crippen LogP contribution in [-0.4, -0.2) is 13.1 Å². The van der Waals surface area contributed by atoms with Crippen molar-refractivity contribution in [1.29, 1.82) is 0 Å². The van der Waals surface area contributed by atoms with E-state index < -0.39 is 0 Å². The van der Waals surface area contributed by atoms with Crippen LogP contribution in [0.5, 0.6) is 5.75 Å². The number of hydrogen-bond donors (Lipinski definition) is 1. The van der Waals surface area contributed by atoms with Gasteiger partial charge in [-0.05, 0) is 42.7 Å². The second-order valence-corrected chi connectivity index (χ2v) is 6.55. The normalized spacial score (nSPS) is 21.5. The number of ether oxygens (including phenoxy) is 1. The lowest BCUT2D eigenvalue weighted by Crippen LogP contribution is -3.12. The summed E-state index contributed by atoms with van der Waals surface area (Å²) in [7, 11) is 0. The van der Waals surface area contributed by atoms with E-state index in [9.17, 15) is 0 Å². The molecule has 0 aliphatic carbocycles. The molecular weight excluding hydrogens is 270 g/mol. The average molecular weight is 296 g/mol. The Morgan fingerprint density at radius 2 is 1.77 bits per heavy atom. The summed E-state index contributed by atoms with van der Waals surface area (Å²) in [4.78, 5) is 1.72. The molecule has 1 fully saturated rings.